The number of ether oxygens (including phenoxy) is 1. The molecule has 3 atom stereocenters. The molecule has 1 aliphatic heterocycles. The van der Waals surface area contributed by atoms with Gasteiger partial charge in [-0.05, 0) is 55.3 Å². The molecule has 21 heavy (non-hydrogen) atoms. The van der Waals surface area contributed by atoms with Crippen molar-refractivity contribution in [2.45, 2.75) is 66.0 Å². The third kappa shape index (κ3) is 4.47. The van der Waals surface area contributed by atoms with Gasteiger partial charge in [0.1, 0.15) is 11.9 Å². The van der Waals surface area contributed by atoms with Crippen molar-refractivity contribution in [2.24, 2.45) is 11.3 Å². The molecule has 0 amide bonds. The van der Waals surface area contributed by atoms with Crippen LogP contribution in [0.25, 0.3) is 0 Å². The van der Waals surface area contributed by atoms with Crippen LogP contribution in [0.15, 0.2) is 18.2 Å². The second-order valence-electron chi connectivity index (χ2n) is 7.95. The van der Waals surface area contributed by atoms with Gasteiger partial charge in [0, 0.05) is 12.5 Å². The molecular formula is C19H31NO. The van der Waals surface area contributed by atoms with E-state index in [0.717, 1.165) is 12.2 Å². The van der Waals surface area contributed by atoms with E-state index in [-0.39, 0.29) is 0 Å². The molecule has 0 aliphatic carbocycles. The molecule has 1 heterocycles. The first kappa shape index (κ1) is 16.4. The van der Waals surface area contributed by atoms with Gasteiger partial charge in [0.05, 0.1) is 0 Å². The van der Waals surface area contributed by atoms with Crippen molar-refractivity contribution in [1.82, 2.24) is 5.32 Å². The number of nitrogens with one attached hydrogen (secondary N) is 1. The zero-order valence-corrected chi connectivity index (χ0v) is 14.5. The zero-order chi connectivity index (χ0) is 15.6. The Hall–Kier alpha value is -1.02. The maximum atomic E-state index is 5.80. The van der Waals surface area contributed by atoms with Crippen LogP contribution in [0.4, 0.5) is 0 Å². The van der Waals surface area contributed by atoms with Gasteiger partial charge in [-0.1, -0.05) is 39.8 Å². The Morgan fingerprint density at radius 1 is 1.33 bits per heavy atom. The van der Waals surface area contributed by atoms with Crippen LogP contribution in [-0.2, 0) is 6.42 Å². The van der Waals surface area contributed by atoms with Gasteiger partial charge in [0.2, 0.25) is 0 Å². The molecule has 0 fully saturated rings. The van der Waals surface area contributed by atoms with E-state index in [4.69, 9.17) is 4.74 Å². The molecule has 1 aliphatic rings. The SMILES string of the molecule is CNC(CC(C)CC(C)(C)C)c1ccc2c(c1)CC(C)O2. The first-order valence-electron chi connectivity index (χ1n) is 8.25. The minimum absolute atomic E-state index is 0.322. The smallest absolute Gasteiger partial charge is 0.123 e. The summed E-state index contributed by atoms with van der Waals surface area (Å²) >= 11 is 0. The number of hydrogen-bond acceptors (Lipinski definition) is 2. The molecule has 0 spiro atoms. The van der Waals surface area contributed by atoms with Gasteiger partial charge >= 0.3 is 0 Å². The Bertz CT molecular complexity index is 475. The second kappa shape index (κ2) is 6.39. The molecule has 1 N–H and O–H groups in total. The molecule has 0 radical (unpaired) electrons. The maximum Gasteiger partial charge on any atom is 0.123 e. The van der Waals surface area contributed by atoms with Crippen LogP contribution in [0.3, 0.4) is 0 Å². The van der Waals surface area contributed by atoms with Gasteiger partial charge in [0.25, 0.3) is 0 Å². The van der Waals surface area contributed by atoms with Crippen molar-refractivity contribution in [1.29, 1.82) is 0 Å². The highest BCUT2D eigenvalue weighted by Crippen LogP contribution is 2.34. The van der Waals surface area contributed by atoms with Crippen LogP contribution in [0, 0.1) is 11.3 Å². The van der Waals surface area contributed by atoms with Gasteiger partial charge in [0.15, 0.2) is 0 Å². The molecule has 0 bridgehead atoms. The normalized spacial score (nSPS) is 20.8. The highest BCUT2D eigenvalue weighted by Gasteiger charge is 2.23. The number of hydrogen-bond donors (Lipinski definition) is 1. The van der Waals surface area contributed by atoms with Crippen LogP contribution in [-0.4, -0.2) is 13.2 Å². The summed E-state index contributed by atoms with van der Waals surface area (Å²) in [6.45, 7) is 11.5. The van der Waals surface area contributed by atoms with Crippen molar-refractivity contribution in [2.75, 3.05) is 7.05 Å². The average molecular weight is 289 g/mol. The fraction of sp³-hybridized carbons (Fsp3) is 0.684. The molecule has 2 heteroatoms. The van der Waals surface area contributed by atoms with Gasteiger partial charge in [-0.3, -0.25) is 0 Å². The molecular weight excluding hydrogens is 258 g/mol. The molecule has 0 aromatic heterocycles. The monoisotopic (exact) mass is 289 g/mol. The summed E-state index contributed by atoms with van der Waals surface area (Å²) in [6.07, 6.45) is 3.80. The molecule has 118 valence electrons. The Labute approximate surface area is 130 Å². The van der Waals surface area contributed by atoms with Crippen molar-refractivity contribution < 1.29 is 4.74 Å². The van der Waals surface area contributed by atoms with Gasteiger partial charge < -0.3 is 10.1 Å². The summed E-state index contributed by atoms with van der Waals surface area (Å²) in [7, 11) is 2.07. The van der Waals surface area contributed by atoms with Crippen LogP contribution >= 0.6 is 0 Å². The summed E-state index contributed by atoms with van der Waals surface area (Å²) in [5.41, 5.74) is 3.16. The minimum atomic E-state index is 0.322. The Morgan fingerprint density at radius 3 is 2.67 bits per heavy atom. The quantitative estimate of drug-likeness (QED) is 0.846. The van der Waals surface area contributed by atoms with E-state index in [1.54, 1.807) is 0 Å². The summed E-state index contributed by atoms with van der Waals surface area (Å²) in [5.74, 6) is 1.79. The van der Waals surface area contributed by atoms with Crippen molar-refractivity contribution in [3.05, 3.63) is 29.3 Å². The molecule has 1 aromatic carbocycles. The molecule has 1 aromatic rings. The second-order valence-corrected chi connectivity index (χ2v) is 7.95. The lowest BCUT2D eigenvalue weighted by atomic mass is 9.82. The topological polar surface area (TPSA) is 21.3 Å². The van der Waals surface area contributed by atoms with E-state index in [9.17, 15) is 0 Å². The van der Waals surface area contributed by atoms with Crippen LogP contribution in [0.1, 0.15) is 64.6 Å². The Balaban J connectivity index is 2.06. The van der Waals surface area contributed by atoms with E-state index in [2.05, 4.69) is 65.2 Å². The fourth-order valence-corrected chi connectivity index (χ4v) is 3.61. The molecule has 2 rings (SSSR count). The summed E-state index contributed by atoms with van der Waals surface area (Å²) in [4.78, 5) is 0. The Morgan fingerprint density at radius 2 is 2.05 bits per heavy atom. The lowest BCUT2D eigenvalue weighted by molar-refractivity contribution is 0.254. The number of benzene rings is 1. The van der Waals surface area contributed by atoms with E-state index >= 15 is 0 Å². The van der Waals surface area contributed by atoms with Crippen molar-refractivity contribution >= 4 is 0 Å². The van der Waals surface area contributed by atoms with E-state index in [0.29, 0.717) is 23.5 Å². The molecule has 2 nitrogen and oxygen atoms in total. The highest BCUT2D eigenvalue weighted by atomic mass is 16.5. The van der Waals surface area contributed by atoms with Crippen molar-refractivity contribution in [3.63, 3.8) is 0 Å². The third-order valence-electron chi connectivity index (χ3n) is 4.27. The summed E-state index contributed by atoms with van der Waals surface area (Å²) in [6, 6.07) is 7.14. The fourth-order valence-electron chi connectivity index (χ4n) is 3.61. The highest BCUT2D eigenvalue weighted by molar-refractivity contribution is 5.41. The zero-order valence-electron chi connectivity index (χ0n) is 14.5. The number of rotatable bonds is 5. The Kier molecular flexibility index (Phi) is 4.98. The predicted octanol–water partition coefficient (Wildman–Crippen LogP) is 4.73. The van der Waals surface area contributed by atoms with Gasteiger partial charge in [-0.15, -0.1) is 0 Å². The van der Waals surface area contributed by atoms with E-state index in [1.807, 2.05) is 0 Å². The first-order chi connectivity index (χ1) is 9.78. The molecule has 3 unspecified atom stereocenters. The van der Waals surface area contributed by atoms with E-state index < -0.39 is 0 Å². The van der Waals surface area contributed by atoms with E-state index in [1.165, 1.54) is 24.0 Å². The lowest BCUT2D eigenvalue weighted by Gasteiger charge is -2.27. The third-order valence-corrected chi connectivity index (χ3v) is 4.27. The van der Waals surface area contributed by atoms with Crippen LogP contribution < -0.4 is 10.1 Å². The van der Waals surface area contributed by atoms with Crippen LogP contribution in [0.2, 0.25) is 0 Å². The minimum Gasteiger partial charge on any atom is -0.490 e. The molecule has 0 saturated heterocycles. The maximum absolute atomic E-state index is 5.80. The van der Waals surface area contributed by atoms with Crippen molar-refractivity contribution in [3.8, 4) is 5.75 Å². The largest absolute Gasteiger partial charge is 0.490 e. The lowest BCUT2D eigenvalue weighted by Crippen LogP contribution is -2.21. The number of fused-ring (bicyclic) bond motifs is 1. The van der Waals surface area contributed by atoms with Gasteiger partial charge in [-0.25, -0.2) is 0 Å². The van der Waals surface area contributed by atoms with Gasteiger partial charge in [-0.2, -0.15) is 0 Å². The first-order valence-corrected chi connectivity index (χ1v) is 8.25. The standard InChI is InChI=1S/C19H31NO/c1-13(12-19(3,4)5)9-17(20-6)15-7-8-18-16(11-15)10-14(2)21-18/h7-8,11,13-14,17,20H,9-10,12H2,1-6H3. The predicted molar refractivity (Wildman–Crippen MR) is 89.9 cm³/mol. The van der Waals surface area contributed by atoms with Crippen LogP contribution in [0.5, 0.6) is 5.75 Å². The summed E-state index contributed by atoms with van der Waals surface area (Å²) < 4.78 is 5.80. The molecule has 0 saturated carbocycles. The average Bonchev–Trinajstić information content (AvgIpc) is 2.72. The summed E-state index contributed by atoms with van der Waals surface area (Å²) in [5, 5.41) is 3.50.